The second-order valence-corrected chi connectivity index (χ2v) is 12.1. The van der Waals surface area contributed by atoms with Crippen LogP contribution in [0.5, 0.6) is 0 Å². The fraction of sp³-hybridized carbons (Fsp3) is 0.684. The minimum atomic E-state index is -0.0142. The molecule has 4 nitrogen and oxygen atoms in total. The molecule has 1 aliphatic rings. The van der Waals surface area contributed by atoms with E-state index in [9.17, 15) is 4.79 Å². The van der Waals surface area contributed by atoms with Crippen molar-refractivity contribution in [3.8, 4) is 0 Å². The summed E-state index contributed by atoms with van der Waals surface area (Å²) in [5.41, 5.74) is 12.5. The van der Waals surface area contributed by atoms with Gasteiger partial charge in [0.2, 0.25) is 0 Å². The number of benzene rings is 1. The van der Waals surface area contributed by atoms with E-state index >= 15 is 0 Å². The van der Waals surface area contributed by atoms with Crippen LogP contribution in [0.15, 0.2) is 52.7 Å². The lowest BCUT2D eigenvalue weighted by molar-refractivity contribution is -0.128. The van der Waals surface area contributed by atoms with Crippen molar-refractivity contribution >= 4 is 11.6 Å². The molecule has 2 rings (SSSR count). The molecule has 2 N–H and O–H groups in total. The van der Waals surface area contributed by atoms with Crippen molar-refractivity contribution in [3.05, 3.63) is 58.8 Å². The van der Waals surface area contributed by atoms with Gasteiger partial charge in [0.15, 0.2) is 0 Å². The van der Waals surface area contributed by atoms with E-state index in [1.54, 1.807) is 0 Å². The predicted octanol–water partition coefficient (Wildman–Crippen LogP) is 10.4. The van der Waals surface area contributed by atoms with Gasteiger partial charge < -0.3 is 10.6 Å². The third-order valence-electron chi connectivity index (χ3n) is 7.78. The summed E-state index contributed by atoms with van der Waals surface area (Å²) in [4.78, 5) is 19.2. The first-order valence-electron chi connectivity index (χ1n) is 17.2. The Kier molecular flexibility index (Phi) is 23.8. The molecule has 42 heavy (non-hydrogen) atoms. The molecule has 1 heterocycles. The molecule has 1 unspecified atom stereocenters. The summed E-state index contributed by atoms with van der Waals surface area (Å²) in [6, 6.07) is 8.58. The molecule has 0 radical (unpaired) electrons. The molecular formula is C38H67N3O. The quantitative estimate of drug-likeness (QED) is 0.0969. The van der Waals surface area contributed by atoms with Gasteiger partial charge in [0.05, 0.1) is 6.54 Å². The van der Waals surface area contributed by atoms with Gasteiger partial charge in [0.25, 0.3) is 5.91 Å². The van der Waals surface area contributed by atoms with Crippen LogP contribution in [0, 0.1) is 12.8 Å². The number of aryl methyl sites for hydroxylation is 2. The Hall–Kier alpha value is -2.36. The van der Waals surface area contributed by atoms with Gasteiger partial charge in [-0.25, -0.2) is 0 Å². The van der Waals surface area contributed by atoms with Crippen LogP contribution in [0.25, 0.3) is 0 Å². The van der Waals surface area contributed by atoms with Crippen LogP contribution >= 0.6 is 0 Å². The summed E-state index contributed by atoms with van der Waals surface area (Å²) >= 11 is 0. The van der Waals surface area contributed by atoms with Crippen LogP contribution in [-0.2, 0) is 11.2 Å². The molecule has 1 aliphatic heterocycles. The van der Waals surface area contributed by atoms with E-state index in [2.05, 4.69) is 84.3 Å². The molecule has 0 saturated carbocycles. The van der Waals surface area contributed by atoms with Gasteiger partial charge in [0, 0.05) is 24.4 Å². The summed E-state index contributed by atoms with van der Waals surface area (Å²) in [6.45, 7) is 23.6. The summed E-state index contributed by atoms with van der Waals surface area (Å²) in [6.07, 6.45) is 16.8. The zero-order valence-electron chi connectivity index (χ0n) is 29.0. The van der Waals surface area contributed by atoms with E-state index in [0.717, 1.165) is 68.0 Å². The smallest absolute Gasteiger partial charge is 0.270 e. The monoisotopic (exact) mass is 582 g/mol. The number of aliphatic imine (C=N–C) groups is 1. The number of piperidine rings is 1. The van der Waals surface area contributed by atoms with Gasteiger partial charge in [-0.3, -0.25) is 9.79 Å². The molecular weight excluding hydrogens is 514 g/mol. The number of rotatable bonds is 15. The Morgan fingerprint density at radius 3 is 2.14 bits per heavy atom. The van der Waals surface area contributed by atoms with Gasteiger partial charge in [-0.2, -0.15) is 0 Å². The van der Waals surface area contributed by atoms with Crippen LogP contribution in [-0.4, -0.2) is 36.2 Å². The molecule has 1 atom stereocenters. The van der Waals surface area contributed by atoms with E-state index in [1.807, 2.05) is 11.8 Å². The lowest BCUT2D eigenvalue weighted by Crippen LogP contribution is -2.39. The van der Waals surface area contributed by atoms with Gasteiger partial charge in [0.1, 0.15) is 5.70 Å². The lowest BCUT2D eigenvalue weighted by Gasteiger charge is -2.27. The van der Waals surface area contributed by atoms with Crippen LogP contribution in [0.1, 0.15) is 143 Å². The zero-order valence-corrected chi connectivity index (χ0v) is 29.0. The molecule has 1 aromatic carbocycles. The number of unbranched alkanes of at least 4 members (excludes halogenated alkanes) is 2. The molecule has 1 aromatic rings. The van der Waals surface area contributed by atoms with E-state index < -0.39 is 0 Å². The first-order valence-corrected chi connectivity index (χ1v) is 17.2. The predicted molar refractivity (Wildman–Crippen MR) is 187 cm³/mol. The maximum atomic E-state index is 12.6. The largest absolute Gasteiger partial charge is 0.394 e. The average molecular weight is 582 g/mol. The Bertz CT molecular complexity index is 924. The highest BCUT2D eigenvalue weighted by atomic mass is 16.2. The van der Waals surface area contributed by atoms with Crippen molar-refractivity contribution in [2.45, 2.75) is 145 Å². The van der Waals surface area contributed by atoms with Gasteiger partial charge in [-0.05, 0) is 69.4 Å². The van der Waals surface area contributed by atoms with Crippen molar-refractivity contribution < 1.29 is 4.79 Å². The lowest BCUT2D eigenvalue weighted by atomic mass is 9.99. The number of allylic oxidation sites excluding steroid dienone is 1. The second-order valence-electron chi connectivity index (χ2n) is 12.1. The number of amides is 1. The Labute approximate surface area is 261 Å². The number of carbonyl (C=O) groups is 1. The normalized spacial score (nSPS) is 14.6. The highest BCUT2D eigenvalue weighted by Crippen LogP contribution is 2.18. The molecule has 1 amide bonds. The molecule has 0 aromatic heterocycles. The van der Waals surface area contributed by atoms with Crippen LogP contribution in [0.2, 0.25) is 0 Å². The first kappa shape index (κ1) is 39.6. The van der Waals surface area contributed by atoms with E-state index in [1.165, 1.54) is 68.9 Å². The molecule has 240 valence electrons. The summed E-state index contributed by atoms with van der Waals surface area (Å²) in [5.74, 6) is 0.955. The summed E-state index contributed by atoms with van der Waals surface area (Å²) < 4.78 is 0. The van der Waals surface area contributed by atoms with Gasteiger partial charge >= 0.3 is 0 Å². The van der Waals surface area contributed by atoms with E-state index in [-0.39, 0.29) is 5.91 Å². The number of hydrogen-bond acceptors (Lipinski definition) is 3. The first-order chi connectivity index (χ1) is 20.2. The SMILES string of the molecule is C=C(C)CN=C(CC)/C(CCC)=C(\N)C(=O)N1CCCCC1.CCCCCC(C)CCC.CCCc1ccccc1C. The molecule has 0 spiro atoms. The van der Waals surface area contributed by atoms with Crippen LogP contribution < -0.4 is 5.73 Å². The highest BCUT2D eigenvalue weighted by molar-refractivity contribution is 6.07. The Balaban J connectivity index is 0.000000694. The van der Waals surface area contributed by atoms with Crippen LogP contribution in [0.3, 0.4) is 0 Å². The Morgan fingerprint density at radius 2 is 1.62 bits per heavy atom. The van der Waals surface area contributed by atoms with Crippen molar-refractivity contribution in [1.82, 2.24) is 4.90 Å². The fourth-order valence-corrected chi connectivity index (χ4v) is 5.27. The minimum absolute atomic E-state index is 0.0142. The highest BCUT2D eigenvalue weighted by Gasteiger charge is 2.22. The van der Waals surface area contributed by atoms with Gasteiger partial charge in [-0.1, -0.05) is 129 Å². The molecule has 0 aliphatic carbocycles. The second kappa shape index (κ2) is 25.2. The fourth-order valence-electron chi connectivity index (χ4n) is 5.27. The van der Waals surface area contributed by atoms with Crippen molar-refractivity contribution in [2.24, 2.45) is 16.6 Å². The van der Waals surface area contributed by atoms with Crippen molar-refractivity contribution in [3.63, 3.8) is 0 Å². The van der Waals surface area contributed by atoms with Crippen LogP contribution in [0.4, 0.5) is 0 Å². The molecule has 1 saturated heterocycles. The maximum Gasteiger partial charge on any atom is 0.270 e. The Morgan fingerprint density at radius 1 is 0.952 bits per heavy atom. The molecule has 4 heteroatoms. The molecule has 0 bridgehead atoms. The van der Waals surface area contributed by atoms with Crippen molar-refractivity contribution in [1.29, 1.82) is 0 Å². The number of nitrogens with zero attached hydrogens (tertiary/aromatic N) is 2. The maximum absolute atomic E-state index is 12.6. The standard InChI is InChI=1S/C18H31N3O.C10H14.C10H22/c1-5-10-15(16(6-2)20-13-14(3)4)17(19)18(22)21-11-8-7-9-12-21;1-3-6-10-8-5-4-7-9(10)2;1-4-6-7-9-10(3)8-5-2/h3,5-13,19H2,1-2,4H3;4-5,7-8H,3,6H2,1-2H3;10H,4-9H2,1-3H3/b17-15-,20-16?;;. The average Bonchev–Trinajstić information content (AvgIpc) is 2.99. The third kappa shape index (κ3) is 17.6. The number of nitrogens with two attached hydrogens (primary N) is 1. The summed E-state index contributed by atoms with van der Waals surface area (Å²) in [7, 11) is 0. The van der Waals surface area contributed by atoms with Gasteiger partial charge in [-0.15, -0.1) is 0 Å². The van der Waals surface area contributed by atoms with E-state index in [0.29, 0.717) is 12.2 Å². The number of hydrogen-bond donors (Lipinski definition) is 1. The summed E-state index contributed by atoms with van der Waals surface area (Å²) in [5, 5.41) is 0. The van der Waals surface area contributed by atoms with Crippen molar-refractivity contribution in [2.75, 3.05) is 19.6 Å². The third-order valence-corrected chi connectivity index (χ3v) is 7.78. The number of carbonyl (C=O) groups excluding carboxylic acids is 1. The minimum Gasteiger partial charge on any atom is -0.394 e. The topological polar surface area (TPSA) is 58.7 Å². The zero-order chi connectivity index (χ0) is 31.8. The van der Waals surface area contributed by atoms with E-state index in [4.69, 9.17) is 5.73 Å². The molecule has 1 fully saturated rings. The number of likely N-dealkylation sites (tertiary alicyclic amines) is 1.